The molecule has 0 aliphatic rings. The zero-order chi connectivity index (χ0) is 11.7. The van der Waals surface area contributed by atoms with Crippen LogP contribution >= 0.6 is 12.2 Å². The lowest BCUT2D eigenvalue weighted by molar-refractivity contribution is 0.546. The lowest BCUT2D eigenvalue weighted by atomic mass is 10.1. The van der Waals surface area contributed by atoms with Crippen LogP contribution in [0.5, 0.6) is 0 Å². The second kappa shape index (κ2) is 3.87. The molecule has 1 aromatic heterocycles. The Bertz CT molecular complexity index is 449. The molecule has 4 N–H and O–H groups in total. The summed E-state index contributed by atoms with van der Waals surface area (Å²) in [5.74, 6) is 0. The maximum atomic E-state index is 11.7. The van der Waals surface area contributed by atoms with Gasteiger partial charge in [-0.2, -0.15) is 9.82 Å². The van der Waals surface area contributed by atoms with Crippen molar-refractivity contribution >= 4 is 27.2 Å². The molecular weight excluding hydrogens is 236 g/mol. The van der Waals surface area contributed by atoms with E-state index in [0.717, 1.165) is 0 Å². The highest BCUT2D eigenvalue weighted by molar-refractivity contribution is 7.89. The van der Waals surface area contributed by atoms with Crippen LogP contribution < -0.4 is 10.5 Å². The summed E-state index contributed by atoms with van der Waals surface area (Å²) in [5.41, 5.74) is 4.45. The van der Waals surface area contributed by atoms with Gasteiger partial charge in [-0.3, -0.25) is 5.10 Å². The fourth-order valence-corrected chi connectivity index (χ4v) is 2.25. The molecule has 6 nitrogen and oxygen atoms in total. The quantitative estimate of drug-likeness (QED) is 0.638. The van der Waals surface area contributed by atoms with Crippen LogP contribution in [0.2, 0.25) is 0 Å². The van der Waals surface area contributed by atoms with E-state index in [0.29, 0.717) is 0 Å². The van der Waals surface area contributed by atoms with E-state index >= 15 is 0 Å². The Morgan fingerprint density at radius 1 is 1.67 bits per heavy atom. The van der Waals surface area contributed by atoms with E-state index in [1.165, 1.54) is 12.4 Å². The highest BCUT2D eigenvalue weighted by Gasteiger charge is 2.29. The second-order valence-corrected chi connectivity index (χ2v) is 5.65. The number of aromatic nitrogens is 2. The summed E-state index contributed by atoms with van der Waals surface area (Å²) in [4.78, 5) is 0.126. The molecule has 1 heterocycles. The van der Waals surface area contributed by atoms with Crippen molar-refractivity contribution in [3.8, 4) is 0 Å². The summed E-state index contributed by atoms with van der Waals surface area (Å²) in [5, 5.41) is 5.97. The van der Waals surface area contributed by atoms with Gasteiger partial charge in [0.1, 0.15) is 4.90 Å². The third kappa shape index (κ3) is 2.74. The average Bonchev–Trinajstić information content (AvgIpc) is 2.53. The largest absolute Gasteiger partial charge is 0.392 e. The van der Waals surface area contributed by atoms with Crippen LogP contribution in [-0.4, -0.2) is 29.1 Å². The van der Waals surface area contributed by atoms with Crippen LogP contribution in [0.1, 0.15) is 13.8 Å². The number of nitrogens with zero attached hydrogens (tertiary/aromatic N) is 1. The predicted octanol–water partition coefficient (Wildman–Crippen LogP) is -0.247. The van der Waals surface area contributed by atoms with E-state index in [-0.39, 0.29) is 9.88 Å². The van der Waals surface area contributed by atoms with Crippen molar-refractivity contribution in [2.45, 2.75) is 24.3 Å². The molecule has 0 aliphatic carbocycles. The van der Waals surface area contributed by atoms with Gasteiger partial charge in [-0.05, 0) is 13.8 Å². The average molecular weight is 248 g/mol. The van der Waals surface area contributed by atoms with Crippen molar-refractivity contribution in [1.82, 2.24) is 14.9 Å². The predicted molar refractivity (Wildman–Crippen MR) is 59.8 cm³/mol. The molecule has 0 fully saturated rings. The minimum Gasteiger partial charge on any atom is -0.392 e. The Morgan fingerprint density at radius 3 is 2.67 bits per heavy atom. The van der Waals surface area contributed by atoms with Gasteiger partial charge in [0, 0.05) is 6.20 Å². The zero-order valence-corrected chi connectivity index (χ0v) is 9.95. The van der Waals surface area contributed by atoms with Crippen LogP contribution in [-0.2, 0) is 10.0 Å². The standard InChI is InChI=1S/C7H12N4O2S2/c1-7(2,6(8)14)11-15(12,13)5-3-9-10-4-5/h3-4,11H,1-2H3,(H2,8,14)(H,9,10). The topological polar surface area (TPSA) is 101 Å². The van der Waals surface area contributed by atoms with Crippen molar-refractivity contribution in [3.05, 3.63) is 12.4 Å². The van der Waals surface area contributed by atoms with Gasteiger partial charge in [-0.15, -0.1) is 0 Å². The number of nitrogens with one attached hydrogen (secondary N) is 2. The summed E-state index contributed by atoms with van der Waals surface area (Å²) in [6.45, 7) is 3.18. The maximum absolute atomic E-state index is 11.7. The minimum absolute atomic E-state index is 0.0480. The first-order chi connectivity index (χ1) is 6.76. The number of hydrogen-bond acceptors (Lipinski definition) is 4. The van der Waals surface area contributed by atoms with Crippen LogP contribution in [0.3, 0.4) is 0 Å². The molecule has 0 aromatic carbocycles. The van der Waals surface area contributed by atoms with Gasteiger partial charge in [0.2, 0.25) is 10.0 Å². The van der Waals surface area contributed by atoms with Gasteiger partial charge in [0.05, 0.1) is 16.7 Å². The van der Waals surface area contributed by atoms with Gasteiger partial charge < -0.3 is 5.73 Å². The molecule has 0 saturated carbocycles. The van der Waals surface area contributed by atoms with Crippen LogP contribution in [0, 0.1) is 0 Å². The van der Waals surface area contributed by atoms with E-state index in [2.05, 4.69) is 14.9 Å². The van der Waals surface area contributed by atoms with E-state index in [4.69, 9.17) is 18.0 Å². The lowest BCUT2D eigenvalue weighted by Crippen LogP contribution is -2.51. The van der Waals surface area contributed by atoms with Crippen LogP contribution in [0.4, 0.5) is 0 Å². The molecule has 0 radical (unpaired) electrons. The molecule has 0 amide bonds. The SMILES string of the molecule is CC(C)(NS(=O)(=O)c1cn[nH]c1)C(N)=S. The first kappa shape index (κ1) is 12.1. The molecule has 0 bridgehead atoms. The summed E-state index contributed by atoms with van der Waals surface area (Å²) < 4.78 is 25.8. The first-order valence-corrected chi connectivity index (χ1v) is 5.97. The summed E-state index contributed by atoms with van der Waals surface area (Å²) in [6, 6.07) is 0. The van der Waals surface area contributed by atoms with Crippen molar-refractivity contribution in [2.75, 3.05) is 0 Å². The molecule has 8 heteroatoms. The Hall–Kier alpha value is -0.990. The fraction of sp³-hybridized carbons (Fsp3) is 0.429. The smallest absolute Gasteiger partial charge is 0.244 e. The molecule has 84 valence electrons. The van der Waals surface area contributed by atoms with Crippen LogP contribution in [0.15, 0.2) is 17.3 Å². The summed E-state index contributed by atoms with van der Waals surface area (Å²) >= 11 is 4.76. The van der Waals surface area contributed by atoms with Gasteiger partial charge in [0.25, 0.3) is 0 Å². The monoisotopic (exact) mass is 248 g/mol. The molecule has 0 atom stereocenters. The maximum Gasteiger partial charge on any atom is 0.244 e. The number of sulfonamides is 1. The number of aromatic amines is 1. The molecule has 0 spiro atoms. The van der Waals surface area contributed by atoms with Crippen molar-refractivity contribution < 1.29 is 8.42 Å². The van der Waals surface area contributed by atoms with Crippen LogP contribution in [0.25, 0.3) is 0 Å². The van der Waals surface area contributed by atoms with Gasteiger partial charge in [-0.1, -0.05) is 12.2 Å². The second-order valence-electron chi connectivity index (χ2n) is 3.53. The van der Waals surface area contributed by atoms with Gasteiger partial charge in [-0.25, -0.2) is 8.42 Å². The lowest BCUT2D eigenvalue weighted by Gasteiger charge is -2.23. The Kier molecular flexibility index (Phi) is 3.12. The molecule has 1 aromatic rings. The highest BCUT2D eigenvalue weighted by Crippen LogP contribution is 2.11. The Balaban J connectivity index is 2.97. The zero-order valence-electron chi connectivity index (χ0n) is 8.31. The molecular formula is C7H12N4O2S2. The number of thiocarbonyl (C=S) groups is 1. The Morgan fingerprint density at radius 2 is 2.27 bits per heavy atom. The molecule has 0 unspecified atom stereocenters. The first-order valence-electron chi connectivity index (χ1n) is 4.08. The van der Waals surface area contributed by atoms with Crippen molar-refractivity contribution in [2.24, 2.45) is 5.73 Å². The summed E-state index contributed by atoms with van der Waals surface area (Å²) in [6.07, 6.45) is 2.48. The van der Waals surface area contributed by atoms with E-state index in [1.54, 1.807) is 13.8 Å². The number of rotatable bonds is 4. The third-order valence-electron chi connectivity index (χ3n) is 1.79. The summed E-state index contributed by atoms with van der Waals surface area (Å²) in [7, 11) is -3.63. The normalized spacial score (nSPS) is 12.7. The van der Waals surface area contributed by atoms with E-state index in [1.807, 2.05) is 0 Å². The minimum atomic E-state index is -3.63. The highest BCUT2D eigenvalue weighted by atomic mass is 32.2. The molecule has 0 saturated heterocycles. The number of H-pyrrole nitrogens is 1. The molecule has 0 aliphatic heterocycles. The van der Waals surface area contributed by atoms with E-state index in [9.17, 15) is 8.42 Å². The molecule has 15 heavy (non-hydrogen) atoms. The Labute approximate surface area is 93.3 Å². The molecule has 1 rings (SSSR count). The fourth-order valence-electron chi connectivity index (χ4n) is 0.831. The number of hydrogen-bond donors (Lipinski definition) is 3. The van der Waals surface area contributed by atoms with Crippen molar-refractivity contribution in [1.29, 1.82) is 0 Å². The van der Waals surface area contributed by atoms with Crippen molar-refractivity contribution in [3.63, 3.8) is 0 Å². The third-order valence-corrected chi connectivity index (χ3v) is 3.92. The van der Waals surface area contributed by atoms with Gasteiger partial charge >= 0.3 is 0 Å². The van der Waals surface area contributed by atoms with Gasteiger partial charge in [0.15, 0.2) is 0 Å². The van der Waals surface area contributed by atoms with E-state index < -0.39 is 15.6 Å². The number of nitrogens with two attached hydrogens (primary N) is 1.